The number of hydrogen-bond acceptors (Lipinski definition) is 2. The molecule has 0 radical (unpaired) electrons. The van der Waals surface area contributed by atoms with Crippen molar-refractivity contribution in [2.45, 2.75) is 51.0 Å². The van der Waals surface area contributed by atoms with Crippen LogP contribution in [0, 0.1) is 0 Å². The molecule has 0 unspecified atom stereocenters. The van der Waals surface area contributed by atoms with E-state index < -0.39 is 0 Å². The second-order valence-electron chi connectivity index (χ2n) is 6.65. The Morgan fingerprint density at radius 3 is 2.59 bits per heavy atom. The number of imidazole rings is 1. The van der Waals surface area contributed by atoms with Crippen molar-refractivity contribution in [3.8, 4) is 0 Å². The first-order valence-electron chi connectivity index (χ1n) is 8.59. The molecule has 0 atom stereocenters. The van der Waals surface area contributed by atoms with E-state index in [0.29, 0.717) is 6.04 Å². The van der Waals surface area contributed by atoms with Gasteiger partial charge in [-0.15, -0.1) is 0 Å². The lowest BCUT2D eigenvalue weighted by Gasteiger charge is -2.23. The van der Waals surface area contributed by atoms with E-state index in [1.165, 1.54) is 37.6 Å². The van der Waals surface area contributed by atoms with Crippen molar-refractivity contribution in [3.63, 3.8) is 0 Å². The number of carbonyl (C=O) groups is 1. The number of benzene rings is 1. The molecule has 2 aromatic rings. The number of nitrogens with zero attached hydrogens (tertiary/aromatic N) is 3. The van der Waals surface area contributed by atoms with Crippen molar-refractivity contribution >= 4 is 16.9 Å². The summed E-state index contributed by atoms with van der Waals surface area (Å²) in [6.45, 7) is 1.79. The lowest BCUT2D eigenvalue weighted by Crippen LogP contribution is -2.27. The number of likely N-dealkylation sites (tertiary alicyclic amines) is 1. The van der Waals surface area contributed by atoms with Gasteiger partial charge in [-0.2, -0.15) is 0 Å². The molecule has 1 amide bonds. The van der Waals surface area contributed by atoms with Crippen LogP contribution in [0.4, 0.5) is 0 Å². The molecule has 1 aromatic heterocycles. The van der Waals surface area contributed by atoms with Gasteiger partial charge in [-0.05, 0) is 43.9 Å². The third-order valence-corrected chi connectivity index (χ3v) is 5.18. The first-order chi connectivity index (χ1) is 10.8. The first kappa shape index (κ1) is 13.8. The summed E-state index contributed by atoms with van der Waals surface area (Å²) >= 11 is 0. The third kappa shape index (κ3) is 2.40. The second kappa shape index (κ2) is 5.75. The molecule has 22 heavy (non-hydrogen) atoms. The summed E-state index contributed by atoms with van der Waals surface area (Å²) < 4.78 is 2.32. The Morgan fingerprint density at radius 2 is 1.82 bits per heavy atom. The van der Waals surface area contributed by atoms with Gasteiger partial charge in [-0.25, -0.2) is 4.98 Å². The van der Waals surface area contributed by atoms with Crippen LogP contribution in [0.3, 0.4) is 0 Å². The van der Waals surface area contributed by atoms with Crippen LogP contribution in [-0.2, 0) is 0 Å². The third-order valence-electron chi connectivity index (χ3n) is 5.18. The molecule has 0 bridgehead atoms. The molecule has 4 nitrogen and oxygen atoms in total. The fraction of sp³-hybridized carbons (Fsp3) is 0.556. The number of amides is 1. The molecule has 116 valence electrons. The van der Waals surface area contributed by atoms with E-state index in [0.717, 1.165) is 37.0 Å². The predicted octanol–water partition coefficient (Wildman–Crippen LogP) is 3.78. The zero-order valence-corrected chi connectivity index (χ0v) is 13.0. The summed E-state index contributed by atoms with van der Waals surface area (Å²) in [6, 6.07) is 6.61. The molecule has 1 aliphatic carbocycles. The van der Waals surface area contributed by atoms with Crippen LogP contribution in [-0.4, -0.2) is 33.4 Å². The molecule has 4 rings (SSSR count). The molecule has 1 saturated heterocycles. The minimum absolute atomic E-state index is 0.159. The van der Waals surface area contributed by atoms with Crippen LogP contribution in [0.15, 0.2) is 24.5 Å². The predicted molar refractivity (Wildman–Crippen MR) is 87.0 cm³/mol. The highest BCUT2D eigenvalue weighted by Crippen LogP contribution is 2.31. The van der Waals surface area contributed by atoms with Gasteiger partial charge in [-0.1, -0.05) is 19.3 Å². The van der Waals surface area contributed by atoms with E-state index in [-0.39, 0.29) is 5.91 Å². The number of hydrogen-bond donors (Lipinski definition) is 0. The average Bonchev–Trinajstić information content (AvgIpc) is 3.24. The molecule has 1 aromatic carbocycles. The van der Waals surface area contributed by atoms with E-state index in [9.17, 15) is 4.79 Å². The fourth-order valence-electron chi connectivity index (χ4n) is 3.92. The lowest BCUT2D eigenvalue weighted by molar-refractivity contribution is 0.0793. The van der Waals surface area contributed by atoms with E-state index in [2.05, 4.69) is 15.6 Å². The quantitative estimate of drug-likeness (QED) is 0.846. The Morgan fingerprint density at radius 1 is 1.05 bits per heavy atom. The molecule has 2 aliphatic rings. The van der Waals surface area contributed by atoms with Gasteiger partial charge in [-0.3, -0.25) is 4.79 Å². The minimum atomic E-state index is 0.159. The maximum absolute atomic E-state index is 12.5. The molecule has 4 heteroatoms. The summed E-state index contributed by atoms with van der Waals surface area (Å²) in [5.41, 5.74) is 2.91. The lowest BCUT2D eigenvalue weighted by atomic mass is 9.95. The highest BCUT2D eigenvalue weighted by atomic mass is 16.2. The van der Waals surface area contributed by atoms with Crippen LogP contribution in [0.1, 0.15) is 61.3 Å². The topological polar surface area (TPSA) is 38.1 Å². The van der Waals surface area contributed by atoms with Crippen LogP contribution in [0.5, 0.6) is 0 Å². The number of aromatic nitrogens is 2. The largest absolute Gasteiger partial charge is 0.339 e. The highest BCUT2D eigenvalue weighted by Gasteiger charge is 2.21. The SMILES string of the molecule is O=C(c1ccc2c(c1)ncn2C1CCCCC1)N1CCCC1. The van der Waals surface area contributed by atoms with E-state index in [1.54, 1.807) is 0 Å². The van der Waals surface area contributed by atoms with Gasteiger partial charge >= 0.3 is 0 Å². The number of fused-ring (bicyclic) bond motifs is 1. The Bertz CT molecular complexity index is 679. The monoisotopic (exact) mass is 297 g/mol. The zero-order chi connectivity index (χ0) is 14.9. The minimum Gasteiger partial charge on any atom is -0.339 e. The Balaban J connectivity index is 1.63. The van der Waals surface area contributed by atoms with Gasteiger partial charge in [0.1, 0.15) is 0 Å². The maximum atomic E-state index is 12.5. The normalized spacial score (nSPS) is 19.9. The molecule has 0 spiro atoms. The van der Waals surface area contributed by atoms with Crippen molar-refractivity contribution in [2.75, 3.05) is 13.1 Å². The Labute approximate surface area is 131 Å². The van der Waals surface area contributed by atoms with Crippen molar-refractivity contribution < 1.29 is 4.79 Å². The average molecular weight is 297 g/mol. The van der Waals surface area contributed by atoms with Gasteiger partial charge in [0, 0.05) is 24.7 Å². The summed E-state index contributed by atoms with van der Waals surface area (Å²) in [4.78, 5) is 19.0. The maximum Gasteiger partial charge on any atom is 0.253 e. The summed E-state index contributed by atoms with van der Waals surface area (Å²) in [7, 11) is 0. The summed E-state index contributed by atoms with van der Waals surface area (Å²) in [5.74, 6) is 0.159. The summed E-state index contributed by atoms with van der Waals surface area (Å²) in [5, 5.41) is 0. The van der Waals surface area contributed by atoms with Crippen LogP contribution in [0.25, 0.3) is 11.0 Å². The molecule has 1 saturated carbocycles. The van der Waals surface area contributed by atoms with Gasteiger partial charge in [0.05, 0.1) is 17.4 Å². The molecule has 2 heterocycles. The molecule has 1 aliphatic heterocycles. The van der Waals surface area contributed by atoms with Gasteiger partial charge in [0.2, 0.25) is 0 Å². The van der Waals surface area contributed by atoms with Crippen molar-refractivity contribution in [3.05, 3.63) is 30.1 Å². The summed E-state index contributed by atoms with van der Waals surface area (Å²) in [6.07, 6.45) is 10.7. The smallest absolute Gasteiger partial charge is 0.253 e. The Kier molecular flexibility index (Phi) is 3.60. The first-order valence-corrected chi connectivity index (χ1v) is 8.59. The van der Waals surface area contributed by atoms with Crippen molar-refractivity contribution in [1.29, 1.82) is 0 Å². The van der Waals surface area contributed by atoms with E-state index in [4.69, 9.17) is 0 Å². The highest BCUT2D eigenvalue weighted by molar-refractivity contribution is 5.97. The van der Waals surface area contributed by atoms with Crippen LogP contribution < -0.4 is 0 Å². The number of rotatable bonds is 2. The van der Waals surface area contributed by atoms with Gasteiger partial charge in [0.15, 0.2) is 0 Å². The van der Waals surface area contributed by atoms with Crippen LogP contribution in [0.2, 0.25) is 0 Å². The van der Waals surface area contributed by atoms with Crippen molar-refractivity contribution in [2.24, 2.45) is 0 Å². The zero-order valence-electron chi connectivity index (χ0n) is 13.0. The molecular formula is C18H23N3O. The number of carbonyl (C=O) groups excluding carboxylic acids is 1. The van der Waals surface area contributed by atoms with Crippen LogP contribution >= 0.6 is 0 Å². The molecule has 0 N–H and O–H groups in total. The fourth-order valence-corrected chi connectivity index (χ4v) is 3.92. The second-order valence-corrected chi connectivity index (χ2v) is 6.65. The van der Waals surface area contributed by atoms with Gasteiger partial charge < -0.3 is 9.47 Å². The van der Waals surface area contributed by atoms with Crippen molar-refractivity contribution in [1.82, 2.24) is 14.5 Å². The van der Waals surface area contributed by atoms with Gasteiger partial charge in [0.25, 0.3) is 5.91 Å². The Hall–Kier alpha value is -1.84. The van der Waals surface area contributed by atoms with E-state index >= 15 is 0 Å². The molecule has 2 fully saturated rings. The molecular weight excluding hydrogens is 274 g/mol. The van der Waals surface area contributed by atoms with E-state index in [1.807, 2.05) is 23.4 Å². The standard InChI is InChI=1S/C18H23N3O/c22-18(20-10-4-5-11-20)14-8-9-17-16(12-14)19-13-21(17)15-6-2-1-3-7-15/h8-9,12-13,15H,1-7,10-11H2.